The number of rotatable bonds is 5. The number of nitrogens with one attached hydrogen (secondary N) is 2. The van der Waals surface area contributed by atoms with E-state index in [0.29, 0.717) is 17.3 Å². The summed E-state index contributed by atoms with van der Waals surface area (Å²) in [4.78, 5) is 16.0. The first-order valence-corrected chi connectivity index (χ1v) is 8.31. The average molecular weight is 329 g/mol. The van der Waals surface area contributed by atoms with Crippen LogP contribution in [0.5, 0.6) is 0 Å². The highest BCUT2D eigenvalue weighted by Crippen LogP contribution is 2.28. The first-order chi connectivity index (χ1) is 11.7. The number of carbonyl (C=O) groups is 1. The number of pyridine rings is 1. The van der Waals surface area contributed by atoms with Gasteiger partial charge in [-0.1, -0.05) is 6.92 Å². The van der Waals surface area contributed by atoms with Crippen molar-refractivity contribution < 1.29 is 9.53 Å². The molecule has 2 aromatic rings. The number of piperidine rings is 1. The molecule has 0 atom stereocenters. The monoisotopic (exact) mass is 329 g/mol. The van der Waals surface area contributed by atoms with E-state index in [4.69, 9.17) is 4.74 Å². The number of methoxy groups -OCH3 is 1. The molecule has 0 aliphatic carbocycles. The van der Waals surface area contributed by atoms with Crippen LogP contribution in [0.1, 0.15) is 41.9 Å². The van der Waals surface area contributed by atoms with Crippen LogP contribution in [-0.2, 0) is 11.2 Å². The van der Waals surface area contributed by atoms with Gasteiger partial charge < -0.3 is 15.4 Å². The van der Waals surface area contributed by atoms with Crippen molar-refractivity contribution in [1.29, 1.82) is 0 Å². The average Bonchev–Trinajstić information content (AvgIpc) is 3.05. The molecule has 128 valence electrons. The number of ether oxygens (including phenoxy) is 1. The molecule has 1 aliphatic rings. The minimum atomic E-state index is -0.385. The summed E-state index contributed by atoms with van der Waals surface area (Å²) in [5.41, 5.74) is 3.14. The zero-order valence-corrected chi connectivity index (χ0v) is 14.1. The highest BCUT2D eigenvalue weighted by Gasteiger charge is 2.21. The Morgan fingerprint density at radius 3 is 2.88 bits per heavy atom. The molecule has 0 unspecified atom stereocenters. The van der Waals surface area contributed by atoms with E-state index in [2.05, 4.69) is 32.3 Å². The first-order valence-electron chi connectivity index (χ1n) is 8.31. The maximum absolute atomic E-state index is 11.9. The molecule has 2 aromatic heterocycles. The number of nitrogens with zero attached hydrogens (tertiary/aromatic N) is 3. The van der Waals surface area contributed by atoms with Crippen molar-refractivity contribution in [2.24, 2.45) is 0 Å². The van der Waals surface area contributed by atoms with Crippen LogP contribution in [0.3, 0.4) is 0 Å². The fraction of sp³-hybridized carbons (Fsp3) is 0.471. The Labute approximate surface area is 141 Å². The SMILES string of the molecule is CCc1c(Nc2cnccc2C(=O)OC)cnn1C1CCNCC1. The molecule has 1 aliphatic heterocycles. The zero-order valence-electron chi connectivity index (χ0n) is 14.1. The van der Waals surface area contributed by atoms with Crippen LogP contribution in [0.2, 0.25) is 0 Å². The summed E-state index contributed by atoms with van der Waals surface area (Å²) in [6, 6.07) is 2.07. The Morgan fingerprint density at radius 1 is 1.38 bits per heavy atom. The predicted molar refractivity (Wildman–Crippen MR) is 91.6 cm³/mol. The van der Waals surface area contributed by atoms with Crippen molar-refractivity contribution in [3.8, 4) is 0 Å². The standard InChI is InChI=1S/C17H23N5O2/c1-3-16-15(11-20-22(16)12-4-7-18-8-5-12)21-14-10-19-9-6-13(14)17(23)24-2/h6,9-12,18,21H,3-5,7-8H2,1-2H3. The minimum absolute atomic E-state index is 0.385. The lowest BCUT2D eigenvalue weighted by Gasteiger charge is -2.25. The third kappa shape index (κ3) is 3.26. The van der Waals surface area contributed by atoms with Crippen molar-refractivity contribution in [1.82, 2.24) is 20.1 Å². The van der Waals surface area contributed by atoms with Crippen molar-refractivity contribution in [2.45, 2.75) is 32.2 Å². The van der Waals surface area contributed by atoms with E-state index in [0.717, 1.165) is 43.7 Å². The van der Waals surface area contributed by atoms with Crippen molar-refractivity contribution in [2.75, 3.05) is 25.5 Å². The minimum Gasteiger partial charge on any atom is -0.465 e. The number of carbonyl (C=O) groups excluding carboxylic acids is 1. The molecular formula is C17H23N5O2. The molecular weight excluding hydrogens is 306 g/mol. The lowest BCUT2D eigenvalue weighted by molar-refractivity contribution is 0.0602. The number of hydrogen-bond donors (Lipinski definition) is 2. The zero-order chi connectivity index (χ0) is 16.9. The molecule has 0 aromatic carbocycles. The van der Waals surface area contributed by atoms with Crippen LogP contribution in [0.4, 0.5) is 11.4 Å². The number of anilines is 2. The number of hydrogen-bond acceptors (Lipinski definition) is 6. The molecule has 0 bridgehead atoms. The third-order valence-corrected chi connectivity index (χ3v) is 4.38. The molecule has 0 amide bonds. The van der Waals surface area contributed by atoms with Gasteiger partial charge in [0.05, 0.1) is 48.2 Å². The lowest BCUT2D eigenvalue weighted by Crippen LogP contribution is -2.30. The van der Waals surface area contributed by atoms with Crippen LogP contribution in [0.15, 0.2) is 24.7 Å². The fourth-order valence-corrected chi connectivity index (χ4v) is 3.14. The van der Waals surface area contributed by atoms with Crippen LogP contribution in [0, 0.1) is 0 Å². The Balaban J connectivity index is 1.88. The van der Waals surface area contributed by atoms with Gasteiger partial charge in [-0.15, -0.1) is 0 Å². The second-order valence-corrected chi connectivity index (χ2v) is 5.82. The van der Waals surface area contributed by atoms with E-state index in [1.807, 2.05) is 6.20 Å². The van der Waals surface area contributed by atoms with Gasteiger partial charge in [-0.3, -0.25) is 9.67 Å². The smallest absolute Gasteiger partial charge is 0.340 e. The van der Waals surface area contributed by atoms with Gasteiger partial charge in [0.1, 0.15) is 0 Å². The van der Waals surface area contributed by atoms with Crippen molar-refractivity contribution in [3.63, 3.8) is 0 Å². The third-order valence-electron chi connectivity index (χ3n) is 4.38. The molecule has 1 saturated heterocycles. The molecule has 3 heterocycles. The van der Waals surface area contributed by atoms with Crippen LogP contribution in [-0.4, -0.2) is 40.9 Å². The second-order valence-electron chi connectivity index (χ2n) is 5.82. The van der Waals surface area contributed by atoms with E-state index in [1.54, 1.807) is 18.5 Å². The summed E-state index contributed by atoms with van der Waals surface area (Å²) in [5, 5.41) is 11.3. The maximum Gasteiger partial charge on any atom is 0.340 e. The fourth-order valence-electron chi connectivity index (χ4n) is 3.14. The number of esters is 1. The Kier molecular flexibility index (Phi) is 5.10. The quantitative estimate of drug-likeness (QED) is 0.819. The van der Waals surface area contributed by atoms with Crippen LogP contribution < -0.4 is 10.6 Å². The van der Waals surface area contributed by atoms with E-state index in [1.165, 1.54) is 7.11 Å². The predicted octanol–water partition coefficient (Wildman–Crippen LogP) is 2.30. The van der Waals surface area contributed by atoms with Gasteiger partial charge in [0.25, 0.3) is 0 Å². The summed E-state index contributed by atoms with van der Waals surface area (Å²) < 4.78 is 6.96. The molecule has 0 radical (unpaired) electrons. The summed E-state index contributed by atoms with van der Waals surface area (Å²) in [7, 11) is 1.37. The molecule has 7 nitrogen and oxygen atoms in total. The van der Waals surface area contributed by atoms with E-state index < -0.39 is 0 Å². The normalized spacial score (nSPS) is 15.2. The van der Waals surface area contributed by atoms with E-state index >= 15 is 0 Å². The summed E-state index contributed by atoms with van der Waals surface area (Å²) >= 11 is 0. The molecule has 0 saturated carbocycles. The molecule has 0 spiro atoms. The second kappa shape index (κ2) is 7.44. The lowest BCUT2D eigenvalue weighted by atomic mass is 10.1. The summed E-state index contributed by atoms with van der Waals surface area (Å²) in [5.74, 6) is -0.385. The molecule has 1 fully saturated rings. The molecule has 2 N–H and O–H groups in total. The molecule has 3 rings (SSSR count). The largest absolute Gasteiger partial charge is 0.465 e. The molecule has 24 heavy (non-hydrogen) atoms. The highest BCUT2D eigenvalue weighted by atomic mass is 16.5. The van der Waals surface area contributed by atoms with Gasteiger partial charge >= 0.3 is 5.97 Å². The molecule has 7 heteroatoms. The Hall–Kier alpha value is -2.41. The van der Waals surface area contributed by atoms with Crippen LogP contribution >= 0.6 is 0 Å². The van der Waals surface area contributed by atoms with Gasteiger partial charge in [-0.25, -0.2) is 4.79 Å². The first kappa shape index (κ1) is 16.4. The highest BCUT2D eigenvalue weighted by molar-refractivity contribution is 5.96. The summed E-state index contributed by atoms with van der Waals surface area (Å²) in [6.07, 6.45) is 8.06. The maximum atomic E-state index is 11.9. The van der Waals surface area contributed by atoms with E-state index in [9.17, 15) is 4.79 Å². The van der Waals surface area contributed by atoms with Gasteiger partial charge in [0, 0.05) is 6.20 Å². The van der Waals surface area contributed by atoms with Gasteiger partial charge in [0.2, 0.25) is 0 Å². The van der Waals surface area contributed by atoms with Crippen LogP contribution in [0.25, 0.3) is 0 Å². The van der Waals surface area contributed by atoms with Crippen molar-refractivity contribution >= 4 is 17.3 Å². The number of aromatic nitrogens is 3. The van der Waals surface area contributed by atoms with Gasteiger partial charge in [0.15, 0.2) is 0 Å². The van der Waals surface area contributed by atoms with Gasteiger partial charge in [-0.05, 0) is 38.4 Å². The Bertz CT molecular complexity index is 707. The van der Waals surface area contributed by atoms with Crippen molar-refractivity contribution in [3.05, 3.63) is 35.9 Å². The summed E-state index contributed by atoms with van der Waals surface area (Å²) in [6.45, 7) is 4.15. The van der Waals surface area contributed by atoms with E-state index in [-0.39, 0.29) is 5.97 Å². The van der Waals surface area contributed by atoms with Gasteiger partial charge in [-0.2, -0.15) is 5.10 Å². The topological polar surface area (TPSA) is 81.1 Å². The Morgan fingerprint density at radius 2 is 2.17 bits per heavy atom.